The molecule has 0 aromatic heterocycles. The van der Waals surface area contributed by atoms with E-state index in [4.69, 9.17) is 5.73 Å². The van der Waals surface area contributed by atoms with Gasteiger partial charge in [-0.05, 0) is 38.1 Å². The van der Waals surface area contributed by atoms with E-state index >= 15 is 0 Å². The van der Waals surface area contributed by atoms with E-state index in [1.807, 2.05) is 31.2 Å². The molecule has 0 radical (unpaired) electrons. The number of nitrogens with two attached hydrogens (primary N) is 1. The van der Waals surface area contributed by atoms with Crippen LogP contribution in [-0.2, 0) is 4.79 Å². The molecule has 0 aliphatic carbocycles. The molecule has 0 saturated carbocycles. The zero-order valence-electron chi connectivity index (χ0n) is 11.4. The Morgan fingerprint density at radius 2 is 1.94 bits per heavy atom. The molecule has 1 aromatic rings. The summed E-state index contributed by atoms with van der Waals surface area (Å²) >= 11 is 0. The lowest BCUT2D eigenvalue weighted by Gasteiger charge is -2.27. The summed E-state index contributed by atoms with van der Waals surface area (Å²) in [6, 6.07) is 8.02. The van der Waals surface area contributed by atoms with Crippen molar-refractivity contribution in [1.29, 1.82) is 0 Å². The Labute approximate surface area is 109 Å². The lowest BCUT2D eigenvalue weighted by Crippen LogP contribution is -2.38. The summed E-state index contributed by atoms with van der Waals surface area (Å²) in [6.45, 7) is 8.03. The van der Waals surface area contributed by atoms with Crippen LogP contribution in [0.15, 0.2) is 24.3 Å². The maximum atomic E-state index is 11.6. The second kappa shape index (κ2) is 7.01. The van der Waals surface area contributed by atoms with Gasteiger partial charge in [0, 0.05) is 18.3 Å². The van der Waals surface area contributed by atoms with E-state index in [1.165, 1.54) is 5.56 Å². The van der Waals surface area contributed by atoms with Crippen LogP contribution in [-0.4, -0.2) is 30.4 Å². The third kappa shape index (κ3) is 4.04. The molecule has 1 unspecified atom stereocenters. The first-order valence-corrected chi connectivity index (χ1v) is 6.44. The Morgan fingerprint density at radius 3 is 2.44 bits per heavy atom. The fourth-order valence-corrected chi connectivity index (χ4v) is 1.95. The minimum absolute atomic E-state index is 0.0710. The third-order valence-electron chi connectivity index (χ3n) is 3.09. The van der Waals surface area contributed by atoms with Crippen LogP contribution < -0.4 is 11.1 Å². The Balaban J connectivity index is 2.69. The van der Waals surface area contributed by atoms with E-state index in [-0.39, 0.29) is 11.9 Å². The van der Waals surface area contributed by atoms with E-state index in [9.17, 15) is 4.79 Å². The van der Waals surface area contributed by atoms with Gasteiger partial charge in [0.2, 0.25) is 5.91 Å². The quantitative estimate of drug-likeness (QED) is 0.756. The van der Waals surface area contributed by atoms with Crippen LogP contribution in [0.25, 0.3) is 0 Å². The monoisotopic (exact) mass is 249 g/mol. The number of carbonyl (C=O) groups is 1. The van der Waals surface area contributed by atoms with Crippen LogP contribution in [0.2, 0.25) is 0 Å². The molecule has 0 spiro atoms. The predicted molar refractivity (Wildman–Crippen MR) is 75.2 cm³/mol. The van der Waals surface area contributed by atoms with Gasteiger partial charge >= 0.3 is 0 Å². The molecule has 1 rings (SSSR count). The fraction of sp³-hybridized carbons (Fsp3) is 0.500. The van der Waals surface area contributed by atoms with E-state index in [2.05, 4.69) is 24.1 Å². The van der Waals surface area contributed by atoms with Crippen LogP contribution in [0, 0.1) is 0 Å². The first-order valence-electron chi connectivity index (χ1n) is 6.44. The zero-order valence-corrected chi connectivity index (χ0v) is 11.4. The molecular formula is C14H23N3O. The van der Waals surface area contributed by atoms with E-state index < -0.39 is 0 Å². The largest absolute Gasteiger partial charge is 0.399 e. The number of anilines is 1. The minimum atomic E-state index is 0.0710. The van der Waals surface area contributed by atoms with Crippen molar-refractivity contribution in [3.63, 3.8) is 0 Å². The summed E-state index contributed by atoms with van der Waals surface area (Å²) in [5, 5.41) is 2.83. The van der Waals surface area contributed by atoms with Crippen molar-refractivity contribution in [3.8, 4) is 0 Å². The van der Waals surface area contributed by atoms with Gasteiger partial charge in [0.15, 0.2) is 0 Å². The maximum Gasteiger partial charge on any atom is 0.234 e. The van der Waals surface area contributed by atoms with Gasteiger partial charge < -0.3 is 11.1 Å². The van der Waals surface area contributed by atoms with Crippen molar-refractivity contribution >= 4 is 11.6 Å². The Morgan fingerprint density at radius 1 is 1.33 bits per heavy atom. The summed E-state index contributed by atoms with van der Waals surface area (Å²) in [6.07, 6.45) is 0. The van der Waals surface area contributed by atoms with Gasteiger partial charge in [0.25, 0.3) is 0 Å². The lowest BCUT2D eigenvalue weighted by atomic mass is 10.1. The highest BCUT2D eigenvalue weighted by atomic mass is 16.2. The normalized spacial score (nSPS) is 12.4. The molecule has 1 aromatic carbocycles. The van der Waals surface area contributed by atoms with Crippen molar-refractivity contribution < 1.29 is 4.79 Å². The molecule has 0 aliphatic rings. The zero-order chi connectivity index (χ0) is 13.5. The van der Waals surface area contributed by atoms with E-state index in [1.54, 1.807) is 0 Å². The molecule has 1 amide bonds. The predicted octanol–water partition coefficient (Wildman–Crippen LogP) is 1.79. The number of nitrogens with one attached hydrogen (secondary N) is 1. The number of hydrogen-bond donors (Lipinski definition) is 2. The molecular weight excluding hydrogens is 226 g/mol. The number of amides is 1. The van der Waals surface area contributed by atoms with Gasteiger partial charge in [-0.1, -0.05) is 19.1 Å². The highest BCUT2D eigenvalue weighted by Gasteiger charge is 2.16. The van der Waals surface area contributed by atoms with Crippen LogP contribution in [0.3, 0.4) is 0 Å². The number of carbonyl (C=O) groups excluding carboxylic acids is 1. The third-order valence-corrected chi connectivity index (χ3v) is 3.09. The number of benzene rings is 1. The SMILES string of the molecule is CCNC(=O)CN(CC)C(C)c1ccc(N)cc1. The first-order chi connectivity index (χ1) is 8.58. The maximum absolute atomic E-state index is 11.6. The number of nitrogens with zero attached hydrogens (tertiary/aromatic N) is 1. The van der Waals surface area contributed by atoms with Gasteiger partial charge in [0.1, 0.15) is 0 Å². The second-order valence-electron chi connectivity index (χ2n) is 4.36. The standard InChI is InChI=1S/C14H23N3O/c1-4-16-14(18)10-17(5-2)11(3)12-6-8-13(15)9-7-12/h6-9,11H,4-5,10,15H2,1-3H3,(H,16,18). The molecule has 0 bridgehead atoms. The molecule has 0 saturated heterocycles. The fourth-order valence-electron chi connectivity index (χ4n) is 1.95. The average molecular weight is 249 g/mol. The molecule has 4 nitrogen and oxygen atoms in total. The second-order valence-corrected chi connectivity index (χ2v) is 4.36. The van der Waals surface area contributed by atoms with Crippen molar-refractivity contribution in [2.24, 2.45) is 0 Å². The molecule has 4 heteroatoms. The van der Waals surface area contributed by atoms with E-state index in [0.717, 1.165) is 12.2 Å². The summed E-state index contributed by atoms with van der Waals surface area (Å²) in [7, 11) is 0. The molecule has 18 heavy (non-hydrogen) atoms. The highest BCUT2D eigenvalue weighted by Crippen LogP contribution is 2.20. The van der Waals surface area contributed by atoms with Gasteiger partial charge in [-0.2, -0.15) is 0 Å². The minimum Gasteiger partial charge on any atom is -0.399 e. The van der Waals surface area contributed by atoms with Crippen LogP contribution in [0.5, 0.6) is 0 Å². The molecule has 0 heterocycles. The van der Waals surface area contributed by atoms with Crippen molar-refractivity contribution in [2.45, 2.75) is 26.8 Å². The van der Waals surface area contributed by atoms with Crippen LogP contribution in [0.4, 0.5) is 5.69 Å². The summed E-state index contributed by atoms with van der Waals surface area (Å²) < 4.78 is 0. The Kier molecular flexibility index (Phi) is 5.65. The molecule has 0 fully saturated rings. The molecule has 3 N–H and O–H groups in total. The topological polar surface area (TPSA) is 58.4 Å². The number of likely N-dealkylation sites (N-methyl/N-ethyl adjacent to an activating group) is 2. The number of nitrogen functional groups attached to an aromatic ring is 1. The number of rotatable bonds is 6. The summed E-state index contributed by atoms with van der Waals surface area (Å²) in [4.78, 5) is 13.8. The van der Waals surface area contributed by atoms with Gasteiger partial charge in [-0.15, -0.1) is 0 Å². The average Bonchev–Trinajstić information content (AvgIpc) is 2.36. The van der Waals surface area contributed by atoms with E-state index in [0.29, 0.717) is 13.1 Å². The molecule has 0 aliphatic heterocycles. The Hall–Kier alpha value is -1.55. The summed E-state index contributed by atoms with van der Waals surface area (Å²) in [5.41, 5.74) is 7.62. The summed E-state index contributed by atoms with van der Waals surface area (Å²) in [5.74, 6) is 0.0710. The van der Waals surface area contributed by atoms with Gasteiger partial charge in [0.05, 0.1) is 6.54 Å². The number of hydrogen-bond acceptors (Lipinski definition) is 3. The first kappa shape index (κ1) is 14.5. The smallest absolute Gasteiger partial charge is 0.234 e. The highest BCUT2D eigenvalue weighted by molar-refractivity contribution is 5.78. The van der Waals surface area contributed by atoms with Crippen molar-refractivity contribution in [3.05, 3.63) is 29.8 Å². The van der Waals surface area contributed by atoms with Crippen LogP contribution >= 0.6 is 0 Å². The Bertz CT molecular complexity index is 375. The molecule has 1 atom stereocenters. The molecule has 100 valence electrons. The van der Waals surface area contributed by atoms with Crippen LogP contribution in [0.1, 0.15) is 32.4 Å². The van der Waals surface area contributed by atoms with Crippen molar-refractivity contribution in [2.75, 3.05) is 25.4 Å². The lowest BCUT2D eigenvalue weighted by molar-refractivity contribution is -0.122. The van der Waals surface area contributed by atoms with Gasteiger partial charge in [-0.25, -0.2) is 0 Å². The van der Waals surface area contributed by atoms with Gasteiger partial charge in [-0.3, -0.25) is 9.69 Å². The van der Waals surface area contributed by atoms with Crippen molar-refractivity contribution in [1.82, 2.24) is 10.2 Å².